The highest BCUT2D eigenvalue weighted by Crippen LogP contribution is 2.60. The summed E-state index contributed by atoms with van der Waals surface area (Å²) in [5, 5.41) is 42.1. The third kappa shape index (κ3) is 3.67. The van der Waals surface area contributed by atoms with Crippen molar-refractivity contribution in [2.75, 3.05) is 13.1 Å². The molecule has 6 aromatic carbocycles. The normalized spacial score (nSPS) is 16.4. The third-order valence-corrected chi connectivity index (χ3v) is 10.8. The number of benzene rings is 6. The smallest absolute Gasteiger partial charge is 0.255 e. The minimum atomic E-state index is -1.26. The lowest BCUT2D eigenvalue weighted by Crippen LogP contribution is -2.53. The molecule has 52 heavy (non-hydrogen) atoms. The van der Waals surface area contributed by atoms with Gasteiger partial charge in [0, 0.05) is 70.7 Å². The van der Waals surface area contributed by atoms with Crippen LogP contribution in [0, 0.1) is 0 Å². The van der Waals surface area contributed by atoms with E-state index in [1.807, 2.05) is 24.3 Å². The number of fused-ring (bicyclic) bond motifs is 12. The van der Waals surface area contributed by atoms with Crippen LogP contribution in [0.4, 0.5) is 0 Å². The van der Waals surface area contributed by atoms with Gasteiger partial charge < -0.3 is 39.7 Å². The summed E-state index contributed by atoms with van der Waals surface area (Å²) in [6, 6.07) is 33.8. The van der Waals surface area contributed by atoms with E-state index in [-0.39, 0.29) is 47.9 Å². The zero-order valence-electron chi connectivity index (χ0n) is 27.3. The van der Waals surface area contributed by atoms with Crippen molar-refractivity contribution in [1.82, 2.24) is 9.80 Å². The quantitative estimate of drug-likeness (QED) is 0.157. The van der Waals surface area contributed by atoms with E-state index in [1.165, 1.54) is 24.3 Å². The lowest BCUT2D eigenvalue weighted by molar-refractivity contribution is 0.0516. The van der Waals surface area contributed by atoms with Crippen LogP contribution in [-0.2, 0) is 11.1 Å². The number of phenolic OH excluding ortho intramolecular Hbond substituents is 4. The van der Waals surface area contributed by atoms with Crippen LogP contribution in [0.3, 0.4) is 0 Å². The first kappa shape index (κ1) is 29.9. The van der Waals surface area contributed by atoms with Gasteiger partial charge in [0.25, 0.3) is 11.8 Å². The van der Waals surface area contributed by atoms with Crippen LogP contribution in [-0.4, -0.2) is 55.1 Å². The van der Waals surface area contributed by atoms with Gasteiger partial charge in [-0.25, -0.2) is 0 Å². The van der Waals surface area contributed by atoms with Crippen molar-refractivity contribution in [1.29, 1.82) is 0 Å². The van der Waals surface area contributed by atoms with Crippen LogP contribution in [0.1, 0.15) is 54.1 Å². The second-order valence-corrected chi connectivity index (χ2v) is 13.4. The molecule has 6 aromatic rings. The fourth-order valence-electron chi connectivity index (χ4n) is 8.86. The highest BCUT2D eigenvalue weighted by Gasteiger charge is 2.59. The van der Waals surface area contributed by atoms with Crippen LogP contribution in [0.15, 0.2) is 121 Å². The molecule has 10 nitrogen and oxygen atoms in total. The van der Waals surface area contributed by atoms with Gasteiger partial charge in [0.2, 0.25) is 0 Å². The summed E-state index contributed by atoms with van der Waals surface area (Å²) < 4.78 is 12.5. The molecule has 0 radical (unpaired) electrons. The molecule has 0 saturated heterocycles. The maximum absolute atomic E-state index is 14.8. The standard InChI is InChI=1S/C42H28N2O8/c45-23-9-13-31-35(19-23)51-36-20-24(46)10-14-32(36)41(31)29-7-3-1-5-27(29)39(49)43(41)17-18-44-40(50)28-6-2-4-8-30(28)42(44)33-15-11-25(47)21-37(33)52-38-22-26(48)12-16-34(38)42/h1-16,19-22,45-48H,17-18H2. The van der Waals surface area contributed by atoms with Gasteiger partial charge in [0.15, 0.2) is 0 Å². The Balaban J connectivity index is 1.19. The second kappa shape index (κ2) is 10.3. The van der Waals surface area contributed by atoms with E-state index in [4.69, 9.17) is 9.47 Å². The van der Waals surface area contributed by atoms with Gasteiger partial charge >= 0.3 is 0 Å². The number of carbonyl (C=O) groups excluding carboxylic acids is 2. The van der Waals surface area contributed by atoms with Gasteiger partial charge in [-0.05, 0) is 71.8 Å². The molecule has 4 aliphatic heterocycles. The van der Waals surface area contributed by atoms with E-state index in [1.54, 1.807) is 82.6 Å². The predicted molar refractivity (Wildman–Crippen MR) is 187 cm³/mol. The Kier molecular flexibility index (Phi) is 5.93. The van der Waals surface area contributed by atoms with Crippen LogP contribution in [0.25, 0.3) is 0 Å². The highest BCUT2D eigenvalue weighted by molar-refractivity contribution is 6.04. The molecule has 10 rings (SSSR count). The van der Waals surface area contributed by atoms with Crippen molar-refractivity contribution in [2.24, 2.45) is 0 Å². The summed E-state index contributed by atoms with van der Waals surface area (Å²) in [6.45, 7) is 0.0780. The zero-order valence-corrected chi connectivity index (χ0v) is 27.3. The van der Waals surface area contributed by atoms with E-state index in [0.717, 1.165) is 0 Å². The molecule has 0 unspecified atom stereocenters. The Morgan fingerprint density at radius 1 is 0.423 bits per heavy atom. The number of aromatic hydroxyl groups is 4. The number of hydrogen-bond acceptors (Lipinski definition) is 8. The topological polar surface area (TPSA) is 140 Å². The van der Waals surface area contributed by atoms with Crippen molar-refractivity contribution < 1.29 is 39.5 Å². The third-order valence-electron chi connectivity index (χ3n) is 10.8. The number of phenols is 4. The Morgan fingerprint density at radius 3 is 1.06 bits per heavy atom. The molecular formula is C42H28N2O8. The molecule has 0 fully saturated rings. The maximum atomic E-state index is 14.8. The first-order chi connectivity index (χ1) is 25.2. The van der Waals surface area contributed by atoms with Crippen LogP contribution >= 0.6 is 0 Å². The molecule has 0 bridgehead atoms. The largest absolute Gasteiger partial charge is 0.508 e. The molecule has 4 aliphatic rings. The van der Waals surface area contributed by atoms with Gasteiger partial charge in [0.05, 0.1) is 0 Å². The SMILES string of the molecule is O=C1c2ccccc2C2(c3ccc(O)cc3Oc3cc(O)ccc32)N1CCN1C(=O)c2ccccc2C12c1ccc(O)cc1Oc1cc(O)ccc12. The van der Waals surface area contributed by atoms with Crippen molar-refractivity contribution in [2.45, 2.75) is 11.1 Å². The average Bonchev–Trinajstić information content (AvgIpc) is 3.52. The van der Waals surface area contributed by atoms with Gasteiger partial charge in [-0.2, -0.15) is 0 Å². The van der Waals surface area contributed by atoms with Gasteiger partial charge in [-0.3, -0.25) is 9.59 Å². The van der Waals surface area contributed by atoms with Gasteiger partial charge in [0.1, 0.15) is 57.1 Å². The molecule has 10 heteroatoms. The maximum Gasteiger partial charge on any atom is 0.255 e. The van der Waals surface area contributed by atoms with Gasteiger partial charge in [-0.15, -0.1) is 0 Å². The minimum absolute atomic E-state index is 0.0297. The van der Waals surface area contributed by atoms with Crippen LogP contribution < -0.4 is 9.47 Å². The van der Waals surface area contributed by atoms with Crippen LogP contribution in [0.5, 0.6) is 46.0 Å². The fraction of sp³-hybridized carbons (Fsp3) is 0.0952. The molecular weight excluding hydrogens is 660 g/mol. The Morgan fingerprint density at radius 2 is 0.731 bits per heavy atom. The Labute approximate surface area is 296 Å². The van der Waals surface area contributed by atoms with E-state index < -0.39 is 11.1 Å². The molecule has 0 aromatic heterocycles. The number of amides is 2. The number of carbonyl (C=O) groups is 2. The van der Waals surface area contributed by atoms with Crippen molar-refractivity contribution in [3.63, 3.8) is 0 Å². The lowest BCUT2D eigenvalue weighted by atomic mass is 9.74. The summed E-state index contributed by atoms with van der Waals surface area (Å²) >= 11 is 0. The summed E-state index contributed by atoms with van der Waals surface area (Å²) in [5.41, 5.74) is 2.26. The average molecular weight is 689 g/mol. The molecule has 254 valence electrons. The molecule has 4 N–H and O–H groups in total. The molecule has 0 atom stereocenters. The summed E-state index contributed by atoms with van der Waals surface area (Å²) in [4.78, 5) is 33.0. The zero-order chi connectivity index (χ0) is 35.5. The lowest BCUT2D eigenvalue weighted by Gasteiger charge is -2.47. The minimum Gasteiger partial charge on any atom is -0.508 e. The van der Waals surface area contributed by atoms with Crippen molar-refractivity contribution >= 4 is 11.8 Å². The number of ether oxygens (including phenoxy) is 2. The number of hydrogen-bond donors (Lipinski definition) is 4. The number of nitrogens with zero attached hydrogens (tertiary/aromatic N) is 2. The monoisotopic (exact) mass is 688 g/mol. The molecule has 2 spiro atoms. The molecule has 0 saturated carbocycles. The summed E-state index contributed by atoms with van der Waals surface area (Å²) in [6.07, 6.45) is 0. The van der Waals surface area contributed by atoms with E-state index in [0.29, 0.717) is 67.5 Å². The fourth-order valence-corrected chi connectivity index (χ4v) is 8.86. The molecule has 2 amide bonds. The van der Waals surface area contributed by atoms with Gasteiger partial charge in [-0.1, -0.05) is 36.4 Å². The summed E-state index contributed by atoms with van der Waals surface area (Å²) in [5.74, 6) is 0.627. The predicted octanol–water partition coefficient (Wildman–Crippen LogP) is 6.92. The van der Waals surface area contributed by atoms with E-state index >= 15 is 0 Å². The highest BCUT2D eigenvalue weighted by atomic mass is 16.5. The van der Waals surface area contributed by atoms with Crippen molar-refractivity contribution in [3.8, 4) is 46.0 Å². The summed E-state index contributed by atoms with van der Waals surface area (Å²) in [7, 11) is 0. The Hall–Kier alpha value is -6.94. The van der Waals surface area contributed by atoms with E-state index in [2.05, 4.69) is 0 Å². The molecule has 4 heterocycles. The number of rotatable bonds is 3. The second-order valence-electron chi connectivity index (χ2n) is 13.4. The first-order valence-corrected chi connectivity index (χ1v) is 16.8. The van der Waals surface area contributed by atoms with Crippen LogP contribution in [0.2, 0.25) is 0 Å². The molecule has 0 aliphatic carbocycles. The van der Waals surface area contributed by atoms with Crippen molar-refractivity contribution in [3.05, 3.63) is 166 Å². The van der Waals surface area contributed by atoms with E-state index in [9.17, 15) is 30.0 Å². The Bertz CT molecular complexity index is 2280. The first-order valence-electron chi connectivity index (χ1n) is 16.8.